The van der Waals surface area contributed by atoms with Crippen molar-refractivity contribution in [2.24, 2.45) is 0 Å². The predicted octanol–water partition coefficient (Wildman–Crippen LogP) is 2.06. The summed E-state index contributed by atoms with van der Waals surface area (Å²) in [6, 6.07) is 6.00. The van der Waals surface area contributed by atoms with Gasteiger partial charge in [0.2, 0.25) is 0 Å². The first-order valence-electron chi connectivity index (χ1n) is 5.26. The van der Waals surface area contributed by atoms with E-state index in [4.69, 9.17) is 0 Å². The van der Waals surface area contributed by atoms with Gasteiger partial charge >= 0.3 is 0 Å². The zero-order valence-corrected chi connectivity index (χ0v) is 12.6. The number of aromatic amines is 1. The monoisotopic (exact) mass is 388 g/mol. The lowest BCUT2D eigenvalue weighted by molar-refractivity contribution is 0.102. The summed E-state index contributed by atoms with van der Waals surface area (Å²) in [6.45, 7) is 0. The number of phenolic OH excluding ortho intramolecular Hbond substituents is 1. The van der Waals surface area contributed by atoms with Crippen molar-refractivity contribution in [1.29, 1.82) is 0 Å². The standard InChI is InChI=1S/C12H9IN2O3S/c13-8-5-7(1-2-9(8)16)10(17)6-19-12-14-4-3-11(18)15-12/h1-5,16H,6H2,(H,14,15,18). The third-order valence-electron chi connectivity index (χ3n) is 2.26. The molecule has 0 fully saturated rings. The number of halogens is 1. The van der Waals surface area contributed by atoms with Gasteiger partial charge < -0.3 is 10.1 Å². The number of carbonyl (C=O) groups is 1. The number of Topliss-reactive ketones (excluding diaryl/α,β-unsaturated/α-hetero) is 1. The largest absolute Gasteiger partial charge is 0.507 e. The van der Waals surface area contributed by atoms with Gasteiger partial charge in [0, 0.05) is 17.8 Å². The number of rotatable bonds is 4. The number of thioether (sulfide) groups is 1. The van der Waals surface area contributed by atoms with Gasteiger partial charge in [-0.1, -0.05) is 11.8 Å². The number of aromatic nitrogens is 2. The van der Waals surface area contributed by atoms with Crippen LogP contribution in [-0.2, 0) is 0 Å². The molecule has 1 aromatic heterocycles. The molecule has 98 valence electrons. The number of phenols is 1. The Morgan fingerprint density at radius 3 is 2.89 bits per heavy atom. The van der Waals surface area contributed by atoms with E-state index in [2.05, 4.69) is 9.97 Å². The third-order valence-corrected chi connectivity index (χ3v) is 4.01. The highest BCUT2D eigenvalue weighted by Gasteiger charge is 2.09. The van der Waals surface area contributed by atoms with Gasteiger partial charge in [-0.3, -0.25) is 9.59 Å². The quantitative estimate of drug-likeness (QED) is 0.363. The van der Waals surface area contributed by atoms with E-state index in [1.165, 1.54) is 30.1 Å². The topological polar surface area (TPSA) is 83.0 Å². The van der Waals surface area contributed by atoms with E-state index in [1.54, 1.807) is 12.1 Å². The molecule has 0 atom stereocenters. The minimum atomic E-state index is -0.246. The molecule has 2 rings (SSSR count). The first-order valence-corrected chi connectivity index (χ1v) is 7.32. The molecular weight excluding hydrogens is 379 g/mol. The number of aromatic hydroxyl groups is 1. The molecule has 0 saturated heterocycles. The summed E-state index contributed by atoms with van der Waals surface area (Å²) in [6.07, 6.45) is 1.40. The lowest BCUT2D eigenvalue weighted by atomic mass is 10.1. The molecule has 0 amide bonds. The third kappa shape index (κ3) is 3.80. The number of hydrogen-bond donors (Lipinski definition) is 2. The Morgan fingerprint density at radius 2 is 2.21 bits per heavy atom. The van der Waals surface area contributed by atoms with Crippen LogP contribution >= 0.6 is 34.4 Å². The number of ketones is 1. The molecule has 1 aromatic carbocycles. The summed E-state index contributed by atoms with van der Waals surface area (Å²) in [5.41, 5.74) is 0.275. The summed E-state index contributed by atoms with van der Waals surface area (Å²) in [5.74, 6) is 0.238. The van der Waals surface area contributed by atoms with Crippen LogP contribution < -0.4 is 5.56 Å². The van der Waals surface area contributed by atoms with E-state index in [-0.39, 0.29) is 22.8 Å². The van der Waals surface area contributed by atoms with Crippen LogP contribution in [0.3, 0.4) is 0 Å². The van der Waals surface area contributed by atoms with Crippen LogP contribution in [0.2, 0.25) is 0 Å². The molecule has 0 spiro atoms. The highest BCUT2D eigenvalue weighted by Crippen LogP contribution is 2.21. The summed E-state index contributed by atoms with van der Waals surface area (Å²) < 4.78 is 0.625. The van der Waals surface area contributed by atoms with Crippen LogP contribution in [0.15, 0.2) is 40.4 Å². The van der Waals surface area contributed by atoms with Crippen LogP contribution in [0.4, 0.5) is 0 Å². The van der Waals surface area contributed by atoms with Crippen molar-refractivity contribution >= 4 is 40.1 Å². The van der Waals surface area contributed by atoms with E-state index in [1.807, 2.05) is 22.6 Å². The second kappa shape index (κ2) is 6.20. The molecule has 0 radical (unpaired) electrons. The van der Waals surface area contributed by atoms with Gasteiger partial charge in [0.25, 0.3) is 5.56 Å². The number of hydrogen-bond acceptors (Lipinski definition) is 5. The van der Waals surface area contributed by atoms with Crippen LogP contribution in [-0.4, -0.2) is 26.6 Å². The minimum Gasteiger partial charge on any atom is -0.507 e. The van der Waals surface area contributed by atoms with Gasteiger partial charge in [-0.2, -0.15) is 0 Å². The Balaban J connectivity index is 2.05. The SMILES string of the molecule is O=C(CSc1nccc(=O)[nH]1)c1ccc(O)c(I)c1. The fourth-order valence-electron chi connectivity index (χ4n) is 1.32. The van der Waals surface area contributed by atoms with Crippen LogP contribution in [0.5, 0.6) is 5.75 Å². The van der Waals surface area contributed by atoms with E-state index < -0.39 is 0 Å². The Labute approximate surface area is 126 Å². The van der Waals surface area contributed by atoms with Gasteiger partial charge in [-0.25, -0.2) is 4.98 Å². The molecule has 5 nitrogen and oxygen atoms in total. The summed E-state index contributed by atoms with van der Waals surface area (Å²) >= 11 is 3.13. The zero-order valence-electron chi connectivity index (χ0n) is 9.59. The van der Waals surface area contributed by atoms with Gasteiger partial charge in [-0.15, -0.1) is 0 Å². The Kier molecular flexibility index (Phi) is 4.59. The van der Waals surface area contributed by atoms with Crippen LogP contribution in [0, 0.1) is 3.57 Å². The number of H-pyrrole nitrogens is 1. The average Bonchev–Trinajstić information content (AvgIpc) is 2.39. The molecule has 1 heterocycles. The fourth-order valence-corrected chi connectivity index (χ4v) is 2.58. The molecule has 0 saturated carbocycles. The van der Waals surface area contributed by atoms with Crippen LogP contribution in [0.1, 0.15) is 10.4 Å². The van der Waals surface area contributed by atoms with Gasteiger partial charge in [-0.05, 0) is 40.8 Å². The molecule has 0 bridgehead atoms. The number of nitrogens with one attached hydrogen (secondary N) is 1. The normalized spacial score (nSPS) is 10.4. The smallest absolute Gasteiger partial charge is 0.251 e. The maximum atomic E-state index is 11.9. The Bertz CT molecular complexity index is 672. The Hall–Kier alpha value is -1.35. The lowest BCUT2D eigenvalue weighted by Crippen LogP contribution is -2.08. The molecule has 0 aliphatic rings. The van der Waals surface area contributed by atoms with Crippen molar-refractivity contribution < 1.29 is 9.90 Å². The summed E-state index contributed by atoms with van der Waals surface area (Å²) in [5, 5.41) is 9.80. The minimum absolute atomic E-state index is 0.0885. The second-order valence-electron chi connectivity index (χ2n) is 3.62. The number of nitrogens with zero attached hydrogens (tertiary/aromatic N) is 1. The van der Waals surface area contributed by atoms with E-state index in [9.17, 15) is 14.7 Å². The average molecular weight is 388 g/mol. The summed E-state index contributed by atoms with van der Waals surface area (Å²) in [7, 11) is 0. The molecule has 19 heavy (non-hydrogen) atoms. The van der Waals surface area contributed by atoms with Crippen molar-refractivity contribution in [2.45, 2.75) is 5.16 Å². The predicted molar refractivity (Wildman–Crippen MR) is 80.7 cm³/mol. The molecule has 2 aromatic rings. The van der Waals surface area contributed by atoms with Gasteiger partial charge in [0.05, 0.1) is 9.32 Å². The second-order valence-corrected chi connectivity index (χ2v) is 5.74. The molecular formula is C12H9IN2O3S. The lowest BCUT2D eigenvalue weighted by Gasteiger charge is -2.03. The molecule has 2 N–H and O–H groups in total. The van der Waals surface area contributed by atoms with Crippen molar-refractivity contribution in [2.75, 3.05) is 5.75 Å². The zero-order chi connectivity index (χ0) is 13.8. The highest BCUT2D eigenvalue weighted by molar-refractivity contribution is 14.1. The first-order chi connectivity index (χ1) is 9.06. The van der Waals surface area contributed by atoms with Crippen molar-refractivity contribution in [3.05, 3.63) is 49.9 Å². The highest BCUT2D eigenvalue weighted by atomic mass is 127. The summed E-state index contributed by atoms with van der Waals surface area (Å²) in [4.78, 5) is 29.5. The van der Waals surface area contributed by atoms with E-state index in [0.29, 0.717) is 14.3 Å². The van der Waals surface area contributed by atoms with Gasteiger partial charge in [0.1, 0.15) is 5.75 Å². The van der Waals surface area contributed by atoms with E-state index in [0.717, 1.165) is 0 Å². The fraction of sp³-hybridized carbons (Fsp3) is 0.0833. The molecule has 0 aliphatic carbocycles. The van der Waals surface area contributed by atoms with Crippen molar-refractivity contribution in [3.8, 4) is 5.75 Å². The van der Waals surface area contributed by atoms with Crippen LogP contribution in [0.25, 0.3) is 0 Å². The molecule has 0 unspecified atom stereocenters. The van der Waals surface area contributed by atoms with Crippen molar-refractivity contribution in [1.82, 2.24) is 9.97 Å². The molecule has 0 aliphatic heterocycles. The number of benzene rings is 1. The van der Waals surface area contributed by atoms with Crippen molar-refractivity contribution in [3.63, 3.8) is 0 Å². The van der Waals surface area contributed by atoms with Gasteiger partial charge in [0.15, 0.2) is 10.9 Å². The molecule has 7 heteroatoms. The number of carbonyl (C=O) groups excluding carboxylic acids is 1. The maximum absolute atomic E-state index is 11.9. The van der Waals surface area contributed by atoms with E-state index >= 15 is 0 Å². The Morgan fingerprint density at radius 1 is 1.42 bits per heavy atom. The first kappa shape index (κ1) is 14.1. The maximum Gasteiger partial charge on any atom is 0.251 e.